The zero-order valence-electron chi connectivity index (χ0n) is 18.2. The Morgan fingerprint density at radius 3 is 2.45 bits per heavy atom. The summed E-state index contributed by atoms with van der Waals surface area (Å²) < 4.78 is 24.4. The minimum Gasteiger partial charge on any atom is -0.376 e. The fourth-order valence-corrected chi connectivity index (χ4v) is 4.46. The molecule has 0 aromatic heterocycles. The molecule has 0 bridgehead atoms. The summed E-state index contributed by atoms with van der Waals surface area (Å²) >= 11 is 0. The van der Waals surface area contributed by atoms with Crippen molar-refractivity contribution in [2.45, 2.75) is 69.8 Å². The quantitative estimate of drug-likeness (QED) is 0.644. The maximum absolute atomic E-state index is 13.0. The Bertz CT molecular complexity index is 844. The molecule has 5 heteroatoms. The molecule has 0 spiro atoms. The van der Waals surface area contributed by atoms with E-state index in [1.54, 1.807) is 17.0 Å². The van der Waals surface area contributed by atoms with Crippen LogP contribution in [0.25, 0.3) is 0 Å². The first-order chi connectivity index (χ1) is 15.1. The number of fused-ring (bicyclic) bond motifs is 1. The fourth-order valence-electron chi connectivity index (χ4n) is 4.46. The van der Waals surface area contributed by atoms with Crippen LogP contribution >= 0.6 is 0 Å². The van der Waals surface area contributed by atoms with Gasteiger partial charge in [0.1, 0.15) is 5.82 Å². The van der Waals surface area contributed by atoms with Crippen LogP contribution in [0.15, 0.2) is 48.5 Å². The van der Waals surface area contributed by atoms with Crippen molar-refractivity contribution in [2.75, 3.05) is 13.2 Å². The number of rotatable bonds is 4. The van der Waals surface area contributed by atoms with Gasteiger partial charge in [-0.05, 0) is 74.3 Å². The molecule has 2 aromatic carbocycles. The second-order valence-electron chi connectivity index (χ2n) is 8.78. The van der Waals surface area contributed by atoms with Gasteiger partial charge < -0.3 is 14.4 Å². The van der Waals surface area contributed by atoms with E-state index in [4.69, 9.17) is 9.47 Å². The number of carbonyl (C=O) groups is 1. The molecule has 2 aliphatic heterocycles. The third-order valence-corrected chi connectivity index (χ3v) is 6.54. The lowest BCUT2D eigenvalue weighted by atomic mass is 9.88. The molecule has 2 aromatic rings. The Morgan fingerprint density at radius 1 is 1.03 bits per heavy atom. The summed E-state index contributed by atoms with van der Waals surface area (Å²) in [6, 6.07) is 14.4. The summed E-state index contributed by atoms with van der Waals surface area (Å²) in [7, 11) is 0. The summed E-state index contributed by atoms with van der Waals surface area (Å²) in [4.78, 5) is 13.0. The Morgan fingerprint density at radius 2 is 1.81 bits per heavy atom. The lowest BCUT2D eigenvalue weighted by Crippen LogP contribution is -2.35. The molecule has 0 radical (unpaired) electrons. The smallest absolute Gasteiger partial charge is 0.210 e. The van der Waals surface area contributed by atoms with Gasteiger partial charge in [0, 0.05) is 6.54 Å². The predicted octanol–water partition coefficient (Wildman–Crippen LogP) is 5.05. The van der Waals surface area contributed by atoms with Crippen molar-refractivity contribution in [3.8, 4) is 0 Å². The summed E-state index contributed by atoms with van der Waals surface area (Å²) in [6.45, 7) is 3.65. The van der Waals surface area contributed by atoms with Gasteiger partial charge in [0.05, 0.1) is 31.0 Å². The van der Waals surface area contributed by atoms with Crippen molar-refractivity contribution in [2.24, 2.45) is 0 Å². The van der Waals surface area contributed by atoms with Gasteiger partial charge in [-0.2, -0.15) is 0 Å². The first kappa shape index (κ1) is 22.0. The summed E-state index contributed by atoms with van der Waals surface area (Å²) in [6.07, 6.45) is 9.41. The number of nitrogens with zero attached hydrogens (tertiary/aromatic N) is 1. The second kappa shape index (κ2) is 10.4. The van der Waals surface area contributed by atoms with Gasteiger partial charge in [-0.1, -0.05) is 36.4 Å². The standard InChI is InChI=1S/C16H14FNO.C10H18O2/c17-14-7-5-13(6-8-14)16-15-4-2-1-3-12(15)9-10-18(16)11-19;1-8-5-6-10(7-11-8)12-9-3-2-4-9/h1-8,11,16H,9-10H2;8-10H,2-7H2,1H3/t16-;8-,10+/m00/s1. The minimum atomic E-state index is -0.259. The molecule has 1 aliphatic carbocycles. The van der Waals surface area contributed by atoms with Gasteiger partial charge in [0.2, 0.25) is 6.41 Å². The van der Waals surface area contributed by atoms with Crippen LogP contribution < -0.4 is 0 Å². The van der Waals surface area contributed by atoms with Crippen molar-refractivity contribution >= 4 is 6.41 Å². The molecule has 3 aliphatic rings. The van der Waals surface area contributed by atoms with Crippen molar-refractivity contribution in [1.29, 1.82) is 0 Å². The lowest BCUT2D eigenvalue weighted by Gasteiger charge is -2.35. The van der Waals surface area contributed by atoms with Gasteiger partial charge in [0.25, 0.3) is 0 Å². The monoisotopic (exact) mass is 425 g/mol. The highest BCUT2D eigenvalue weighted by molar-refractivity contribution is 5.54. The maximum Gasteiger partial charge on any atom is 0.210 e. The largest absolute Gasteiger partial charge is 0.376 e. The number of carbonyl (C=O) groups excluding carboxylic acids is 1. The van der Waals surface area contributed by atoms with E-state index in [-0.39, 0.29) is 11.9 Å². The average molecular weight is 426 g/mol. The van der Waals surface area contributed by atoms with Crippen LogP contribution in [-0.2, 0) is 20.7 Å². The van der Waals surface area contributed by atoms with E-state index in [0.29, 0.717) is 24.9 Å². The molecule has 0 N–H and O–H groups in total. The summed E-state index contributed by atoms with van der Waals surface area (Å²) in [5.41, 5.74) is 3.34. The fraction of sp³-hybridized carbons (Fsp3) is 0.500. The number of benzene rings is 2. The van der Waals surface area contributed by atoms with E-state index in [1.807, 2.05) is 18.2 Å². The van der Waals surface area contributed by atoms with Crippen LogP contribution in [0.1, 0.15) is 61.8 Å². The third kappa shape index (κ3) is 5.52. The number of hydrogen-bond acceptors (Lipinski definition) is 3. The van der Waals surface area contributed by atoms with Crippen LogP contribution in [-0.4, -0.2) is 42.8 Å². The molecule has 1 amide bonds. The van der Waals surface area contributed by atoms with E-state index in [1.165, 1.54) is 43.4 Å². The van der Waals surface area contributed by atoms with Crippen LogP contribution in [0, 0.1) is 5.82 Å². The molecule has 2 heterocycles. The van der Waals surface area contributed by atoms with Crippen molar-refractivity contribution in [3.05, 3.63) is 71.0 Å². The molecule has 5 rings (SSSR count). The van der Waals surface area contributed by atoms with E-state index in [0.717, 1.165) is 37.0 Å². The highest BCUT2D eigenvalue weighted by Gasteiger charge is 2.27. The Labute approximate surface area is 184 Å². The molecule has 2 fully saturated rings. The number of hydrogen-bond donors (Lipinski definition) is 0. The van der Waals surface area contributed by atoms with Crippen LogP contribution in [0.3, 0.4) is 0 Å². The van der Waals surface area contributed by atoms with Crippen molar-refractivity contribution in [1.82, 2.24) is 4.90 Å². The molecule has 166 valence electrons. The van der Waals surface area contributed by atoms with Gasteiger partial charge in [-0.3, -0.25) is 4.79 Å². The zero-order chi connectivity index (χ0) is 21.6. The first-order valence-corrected chi connectivity index (χ1v) is 11.5. The number of halogens is 1. The molecular formula is C26H32FNO3. The van der Waals surface area contributed by atoms with Gasteiger partial charge in [-0.15, -0.1) is 0 Å². The predicted molar refractivity (Wildman–Crippen MR) is 118 cm³/mol. The lowest BCUT2D eigenvalue weighted by molar-refractivity contribution is -0.123. The first-order valence-electron chi connectivity index (χ1n) is 11.5. The van der Waals surface area contributed by atoms with Crippen LogP contribution in [0.4, 0.5) is 4.39 Å². The molecule has 0 unspecified atom stereocenters. The molecular weight excluding hydrogens is 393 g/mol. The molecule has 1 saturated heterocycles. The van der Waals surface area contributed by atoms with Crippen LogP contribution in [0.5, 0.6) is 0 Å². The second-order valence-corrected chi connectivity index (χ2v) is 8.78. The SMILES string of the molecule is C[C@H]1CC[C@@H](OC2CCC2)CO1.O=CN1CCc2ccccc2[C@@H]1c1ccc(F)cc1. The molecule has 31 heavy (non-hydrogen) atoms. The third-order valence-electron chi connectivity index (χ3n) is 6.54. The molecule has 4 nitrogen and oxygen atoms in total. The van der Waals surface area contributed by atoms with Gasteiger partial charge in [0.15, 0.2) is 0 Å². The Kier molecular flexibility index (Phi) is 7.36. The van der Waals surface area contributed by atoms with E-state index < -0.39 is 0 Å². The topological polar surface area (TPSA) is 38.8 Å². The summed E-state index contributed by atoms with van der Waals surface area (Å²) in [5.74, 6) is -0.259. The number of ether oxygens (including phenoxy) is 2. The Hall–Kier alpha value is -2.24. The van der Waals surface area contributed by atoms with Crippen LogP contribution in [0.2, 0.25) is 0 Å². The highest BCUT2D eigenvalue weighted by Crippen LogP contribution is 2.34. The van der Waals surface area contributed by atoms with Gasteiger partial charge in [-0.25, -0.2) is 4.39 Å². The zero-order valence-corrected chi connectivity index (χ0v) is 18.2. The highest BCUT2D eigenvalue weighted by atomic mass is 19.1. The Balaban J connectivity index is 0.000000166. The summed E-state index contributed by atoms with van der Waals surface area (Å²) in [5, 5.41) is 0. The maximum atomic E-state index is 13.0. The minimum absolute atomic E-state index is 0.108. The normalized spacial score (nSPS) is 25.6. The van der Waals surface area contributed by atoms with Gasteiger partial charge >= 0.3 is 0 Å². The van der Waals surface area contributed by atoms with E-state index in [2.05, 4.69) is 13.0 Å². The van der Waals surface area contributed by atoms with E-state index >= 15 is 0 Å². The van der Waals surface area contributed by atoms with E-state index in [9.17, 15) is 9.18 Å². The average Bonchev–Trinajstić information content (AvgIpc) is 2.78. The molecule has 1 saturated carbocycles. The van der Waals surface area contributed by atoms with Crippen molar-refractivity contribution in [3.63, 3.8) is 0 Å². The number of amides is 1. The van der Waals surface area contributed by atoms with Crippen molar-refractivity contribution < 1.29 is 18.7 Å². The molecule has 3 atom stereocenters.